The highest BCUT2D eigenvalue weighted by molar-refractivity contribution is 6.02. The SMILES string of the molecule is COc1ccc(C2C3=C(CC(C)(C)CC3=O)Nc3ccccc3N2CC(=O)NCC(C)C)c(OC)c1OC. The van der Waals surface area contributed by atoms with Crippen LogP contribution in [0.3, 0.4) is 0 Å². The fourth-order valence-corrected chi connectivity index (χ4v) is 5.42. The predicted molar refractivity (Wildman–Crippen MR) is 149 cm³/mol. The molecule has 1 heterocycles. The second-order valence-electron chi connectivity index (χ2n) is 11.1. The number of nitrogens with zero attached hydrogens (tertiary/aromatic N) is 1. The molecule has 1 aliphatic carbocycles. The van der Waals surface area contributed by atoms with E-state index in [0.717, 1.165) is 22.6 Å². The highest BCUT2D eigenvalue weighted by atomic mass is 16.5. The molecule has 0 saturated carbocycles. The lowest BCUT2D eigenvalue weighted by molar-refractivity contribution is -0.120. The van der Waals surface area contributed by atoms with Gasteiger partial charge in [0.15, 0.2) is 17.3 Å². The number of para-hydroxylation sites is 2. The number of carbonyl (C=O) groups excluding carboxylic acids is 2. The molecule has 204 valence electrons. The summed E-state index contributed by atoms with van der Waals surface area (Å²) in [6.07, 6.45) is 1.10. The van der Waals surface area contributed by atoms with E-state index in [1.807, 2.05) is 41.3 Å². The second kappa shape index (κ2) is 11.0. The topological polar surface area (TPSA) is 89.1 Å². The van der Waals surface area contributed by atoms with E-state index in [9.17, 15) is 9.59 Å². The normalized spacial score (nSPS) is 18.3. The maximum absolute atomic E-state index is 13.9. The van der Waals surface area contributed by atoms with E-state index in [0.29, 0.717) is 48.1 Å². The standard InChI is InChI=1S/C30H39N3O5/c1-18(2)16-31-25(35)17-33-22-11-9-8-10-20(22)32-21-14-30(3,4)15-23(34)26(21)27(33)19-12-13-24(36-5)29(38-7)28(19)37-6/h8-13,18,27,32H,14-17H2,1-7H3,(H,31,35). The predicted octanol–water partition coefficient (Wildman–Crippen LogP) is 5.10. The van der Waals surface area contributed by atoms with Crippen LogP contribution in [0.5, 0.6) is 17.2 Å². The van der Waals surface area contributed by atoms with Gasteiger partial charge in [0.1, 0.15) is 0 Å². The van der Waals surface area contributed by atoms with Gasteiger partial charge >= 0.3 is 0 Å². The van der Waals surface area contributed by atoms with Crippen LogP contribution in [0.1, 0.15) is 52.1 Å². The number of hydrogen-bond acceptors (Lipinski definition) is 7. The Morgan fingerprint density at radius 2 is 1.76 bits per heavy atom. The molecule has 0 aromatic heterocycles. The third-order valence-electron chi connectivity index (χ3n) is 7.05. The van der Waals surface area contributed by atoms with E-state index < -0.39 is 6.04 Å². The zero-order valence-electron chi connectivity index (χ0n) is 23.4. The summed E-state index contributed by atoms with van der Waals surface area (Å²) in [5.41, 5.74) is 3.71. The Bertz CT molecular complexity index is 1250. The summed E-state index contributed by atoms with van der Waals surface area (Å²) in [5.74, 6) is 1.67. The first kappa shape index (κ1) is 27.4. The van der Waals surface area contributed by atoms with E-state index in [1.54, 1.807) is 21.3 Å². The number of anilines is 2. The largest absolute Gasteiger partial charge is 0.493 e. The number of hydrogen-bond donors (Lipinski definition) is 2. The van der Waals surface area contributed by atoms with Gasteiger partial charge < -0.3 is 29.7 Å². The number of benzene rings is 2. The fourth-order valence-electron chi connectivity index (χ4n) is 5.42. The van der Waals surface area contributed by atoms with Crippen LogP contribution in [0.2, 0.25) is 0 Å². The average molecular weight is 522 g/mol. The van der Waals surface area contributed by atoms with Gasteiger partial charge in [0, 0.05) is 29.8 Å². The molecule has 4 rings (SSSR count). The highest BCUT2D eigenvalue weighted by Gasteiger charge is 2.43. The Kier molecular flexibility index (Phi) is 7.90. The van der Waals surface area contributed by atoms with Crippen molar-refractivity contribution in [3.8, 4) is 17.2 Å². The minimum absolute atomic E-state index is 0.0472. The maximum atomic E-state index is 13.9. The number of allylic oxidation sites excluding steroid dienone is 1. The highest BCUT2D eigenvalue weighted by Crippen LogP contribution is 2.52. The second-order valence-corrected chi connectivity index (χ2v) is 11.1. The van der Waals surface area contributed by atoms with Crippen molar-refractivity contribution in [2.24, 2.45) is 11.3 Å². The number of fused-ring (bicyclic) bond motifs is 1. The molecule has 2 aromatic carbocycles. The molecule has 0 fully saturated rings. The van der Waals surface area contributed by atoms with Crippen LogP contribution >= 0.6 is 0 Å². The number of nitrogens with one attached hydrogen (secondary N) is 2. The summed E-state index contributed by atoms with van der Waals surface area (Å²) in [6.45, 7) is 8.95. The molecule has 1 aliphatic heterocycles. The van der Waals surface area contributed by atoms with Crippen molar-refractivity contribution in [2.75, 3.05) is 44.6 Å². The van der Waals surface area contributed by atoms with Crippen molar-refractivity contribution in [1.29, 1.82) is 0 Å². The number of Topliss-reactive ketones (excluding diaryl/α,β-unsaturated/α-hetero) is 1. The Morgan fingerprint density at radius 3 is 2.42 bits per heavy atom. The van der Waals surface area contributed by atoms with Gasteiger partial charge in [0.2, 0.25) is 11.7 Å². The number of ketones is 1. The van der Waals surface area contributed by atoms with E-state index in [2.05, 4.69) is 38.3 Å². The molecule has 1 atom stereocenters. The Morgan fingerprint density at radius 1 is 1.05 bits per heavy atom. The van der Waals surface area contributed by atoms with Gasteiger partial charge in [-0.15, -0.1) is 0 Å². The molecule has 0 bridgehead atoms. The quantitative estimate of drug-likeness (QED) is 0.500. The number of methoxy groups -OCH3 is 3. The average Bonchev–Trinajstić information content (AvgIpc) is 3.00. The Hall–Kier alpha value is -3.68. The molecule has 38 heavy (non-hydrogen) atoms. The third-order valence-corrected chi connectivity index (χ3v) is 7.05. The number of amides is 1. The summed E-state index contributed by atoms with van der Waals surface area (Å²) in [5, 5.41) is 6.62. The van der Waals surface area contributed by atoms with Crippen molar-refractivity contribution < 1.29 is 23.8 Å². The van der Waals surface area contributed by atoms with Crippen LogP contribution in [0.25, 0.3) is 0 Å². The van der Waals surface area contributed by atoms with Crippen molar-refractivity contribution in [3.63, 3.8) is 0 Å². The Labute approximate surface area is 225 Å². The van der Waals surface area contributed by atoms with Gasteiger partial charge in [0.05, 0.1) is 45.3 Å². The monoisotopic (exact) mass is 521 g/mol. The van der Waals surface area contributed by atoms with Gasteiger partial charge in [-0.25, -0.2) is 0 Å². The first-order chi connectivity index (χ1) is 18.1. The fraction of sp³-hybridized carbons (Fsp3) is 0.467. The van der Waals surface area contributed by atoms with Gasteiger partial charge in [0.25, 0.3) is 0 Å². The van der Waals surface area contributed by atoms with Crippen molar-refractivity contribution in [2.45, 2.75) is 46.6 Å². The van der Waals surface area contributed by atoms with Crippen molar-refractivity contribution >= 4 is 23.1 Å². The molecule has 1 amide bonds. The molecule has 0 spiro atoms. The van der Waals surface area contributed by atoms with Crippen LogP contribution in [-0.2, 0) is 9.59 Å². The van der Waals surface area contributed by atoms with E-state index in [1.165, 1.54) is 0 Å². The zero-order chi connectivity index (χ0) is 27.6. The lowest BCUT2D eigenvalue weighted by atomic mass is 9.73. The minimum Gasteiger partial charge on any atom is -0.493 e. The van der Waals surface area contributed by atoms with Gasteiger partial charge in [-0.05, 0) is 42.0 Å². The molecule has 2 N–H and O–H groups in total. The summed E-state index contributed by atoms with van der Waals surface area (Å²) >= 11 is 0. The molecule has 8 heteroatoms. The first-order valence-electron chi connectivity index (χ1n) is 13.0. The lowest BCUT2D eigenvalue weighted by Gasteiger charge is -2.38. The van der Waals surface area contributed by atoms with Crippen molar-refractivity contribution in [1.82, 2.24) is 5.32 Å². The number of carbonyl (C=O) groups is 2. The van der Waals surface area contributed by atoms with Crippen LogP contribution in [0, 0.1) is 11.3 Å². The summed E-state index contributed by atoms with van der Waals surface area (Å²) in [6, 6.07) is 11.0. The van der Waals surface area contributed by atoms with Gasteiger partial charge in [-0.3, -0.25) is 9.59 Å². The number of ether oxygens (including phenoxy) is 3. The summed E-state index contributed by atoms with van der Waals surface area (Å²) in [4.78, 5) is 29.2. The van der Waals surface area contributed by atoms with Crippen LogP contribution in [-0.4, -0.2) is 46.1 Å². The van der Waals surface area contributed by atoms with E-state index in [-0.39, 0.29) is 23.7 Å². The number of rotatable bonds is 8. The molecule has 2 aliphatic rings. The summed E-state index contributed by atoms with van der Waals surface area (Å²) in [7, 11) is 4.70. The molecular formula is C30H39N3O5. The van der Waals surface area contributed by atoms with Crippen LogP contribution in [0.4, 0.5) is 11.4 Å². The molecule has 0 radical (unpaired) electrons. The lowest BCUT2D eigenvalue weighted by Crippen LogP contribution is -2.42. The molecule has 0 saturated heterocycles. The third kappa shape index (κ3) is 5.30. The molecule has 1 unspecified atom stereocenters. The van der Waals surface area contributed by atoms with Crippen LogP contribution in [0.15, 0.2) is 47.7 Å². The molecule has 2 aromatic rings. The maximum Gasteiger partial charge on any atom is 0.239 e. The summed E-state index contributed by atoms with van der Waals surface area (Å²) < 4.78 is 17.1. The molecular weight excluding hydrogens is 482 g/mol. The van der Waals surface area contributed by atoms with Gasteiger partial charge in [-0.1, -0.05) is 39.8 Å². The molecule has 8 nitrogen and oxygen atoms in total. The first-order valence-corrected chi connectivity index (χ1v) is 13.0. The van der Waals surface area contributed by atoms with Crippen LogP contribution < -0.4 is 29.7 Å². The van der Waals surface area contributed by atoms with E-state index in [4.69, 9.17) is 14.2 Å². The smallest absolute Gasteiger partial charge is 0.239 e. The van der Waals surface area contributed by atoms with Crippen molar-refractivity contribution in [3.05, 3.63) is 53.2 Å². The van der Waals surface area contributed by atoms with E-state index >= 15 is 0 Å². The zero-order valence-corrected chi connectivity index (χ0v) is 23.4. The minimum atomic E-state index is -0.593. The Balaban J connectivity index is 1.98. The van der Waals surface area contributed by atoms with Gasteiger partial charge in [-0.2, -0.15) is 0 Å².